The molecule has 0 aliphatic rings. The first-order valence-corrected chi connectivity index (χ1v) is 3.80. The third-order valence-electron chi connectivity index (χ3n) is 0.901. The minimum Gasteiger partial charge on any atom is -0.248 e. The van der Waals surface area contributed by atoms with Gasteiger partial charge in [-0.15, -0.1) is 4.52 Å². The Kier molecular flexibility index (Phi) is 3.34. The molecule has 0 aliphatic carbocycles. The van der Waals surface area contributed by atoms with Crippen LogP contribution in [-0.4, -0.2) is 4.98 Å². The Hall–Kier alpha value is -1.16. The van der Waals surface area contributed by atoms with Crippen LogP contribution in [0, 0.1) is 0 Å². The van der Waals surface area contributed by atoms with Crippen molar-refractivity contribution in [2.24, 2.45) is 9.63 Å². The zero-order valence-corrected chi connectivity index (χ0v) is 6.66. The van der Waals surface area contributed by atoms with Crippen LogP contribution >= 0.6 is 11.9 Å². The second-order valence-corrected chi connectivity index (χ2v) is 2.40. The molecule has 0 saturated heterocycles. The number of hydrogen-bond acceptors (Lipinski definition) is 4. The molecule has 1 aromatic heterocycles. The molecule has 1 rings (SSSR count). The highest BCUT2D eigenvalue weighted by molar-refractivity contribution is 7.97. The van der Waals surface area contributed by atoms with Gasteiger partial charge < -0.3 is 0 Å². The van der Waals surface area contributed by atoms with Crippen LogP contribution in [0.1, 0.15) is 0 Å². The van der Waals surface area contributed by atoms with Crippen molar-refractivity contribution >= 4 is 11.9 Å². The molecule has 0 aliphatic heterocycles. The molecule has 0 atom stereocenters. The Bertz CT molecular complexity index is 245. The number of pyridine rings is 1. The Labute approximate surface area is 69.4 Å². The Morgan fingerprint density at radius 1 is 1.55 bits per heavy atom. The Morgan fingerprint density at radius 3 is 3.09 bits per heavy atom. The molecule has 0 amide bonds. The van der Waals surface area contributed by atoms with E-state index >= 15 is 0 Å². The van der Waals surface area contributed by atoms with Crippen LogP contribution in [0.2, 0.25) is 0 Å². The van der Waals surface area contributed by atoms with Gasteiger partial charge in [0.25, 0.3) is 0 Å². The van der Waals surface area contributed by atoms with Gasteiger partial charge in [-0.2, -0.15) is 5.11 Å². The molecule has 11 heavy (non-hydrogen) atoms. The van der Waals surface area contributed by atoms with Gasteiger partial charge in [0.1, 0.15) is 5.03 Å². The molecule has 0 aromatic carbocycles. The quantitative estimate of drug-likeness (QED) is 0.510. The van der Waals surface area contributed by atoms with Gasteiger partial charge in [0.05, 0.1) is 11.9 Å². The van der Waals surface area contributed by atoms with Crippen LogP contribution < -0.4 is 0 Å². The van der Waals surface area contributed by atoms with Crippen LogP contribution in [-0.2, 0) is 0 Å². The zero-order chi connectivity index (χ0) is 7.94. The fourth-order valence-corrected chi connectivity index (χ4v) is 0.945. The summed E-state index contributed by atoms with van der Waals surface area (Å²) in [5.41, 5.74) is 0. The summed E-state index contributed by atoms with van der Waals surface area (Å²) in [5, 5.41) is 4.41. The second-order valence-electron chi connectivity index (χ2n) is 1.64. The van der Waals surface area contributed by atoms with E-state index < -0.39 is 0 Å². The van der Waals surface area contributed by atoms with E-state index in [1.807, 2.05) is 18.2 Å². The van der Waals surface area contributed by atoms with Crippen molar-refractivity contribution in [3.63, 3.8) is 0 Å². The summed E-state index contributed by atoms with van der Waals surface area (Å²) in [6.45, 7) is 3.40. The van der Waals surface area contributed by atoms with Crippen molar-refractivity contribution < 1.29 is 0 Å². The van der Waals surface area contributed by atoms with E-state index in [0.29, 0.717) is 0 Å². The number of aromatic nitrogens is 1. The number of rotatable bonds is 3. The molecule has 56 valence electrons. The lowest BCUT2D eigenvalue weighted by Gasteiger charge is -1.88. The third-order valence-corrected chi connectivity index (χ3v) is 1.51. The highest BCUT2D eigenvalue weighted by Crippen LogP contribution is 2.14. The summed E-state index contributed by atoms with van der Waals surface area (Å²) in [6, 6.07) is 5.63. The largest absolute Gasteiger partial charge is 0.248 e. The van der Waals surface area contributed by atoms with Gasteiger partial charge in [-0.05, 0) is 12.1 Å². The lowest BCUT2D eigenvalue weighted by molar-refractivity contribution is 1.13. The predicted molar refractivity (Wildman–Crippen MR) is 45.1 cm³/mol. The van der Waals surface area contributed by atoms with E-state index in [0.717, 1.165) is 5.03 Å². The molecular formula is C7H7N3S. The highest BCUT2D eigenvalue weighted by atomic mass is 32.2. The van der Waals surface area contributed by atoms with Gasteiger partial charge in [-0.1, -0.05) is 12.6 Å². The summed E-state index contributed by atoms with van der Waals surface area (Å²) >= 11 is 1.22. The first-order chi connectivity index (χ1) is 5.43. The van der Waals surface area contributed by atoms with E-state index in [9.17, 15) is 0 Å². The van der Waals surface area contributed by atoms with E-state index in [2.05, 4.69) is 21.2 Å². The van der Waals surface area contributed by atoms with E-state index in [1.54, 1.807) is 6.20 Å². The molecule has 0 N–H and O–H groups in total. The van der Waals surface area contributed by atoms with Crippen molar-refractivity contribution in [1.82, 2.24) is 4.98 Å². The molecule has 4 heteroatoms. The summed E-state index contributed by atoms with van der Waals surface area (Å²) in [6.07, 6.45) is 3.10. The monoisotopic (exact) mass is 165 g/mol. The standard InChI is InChI=1S/C7H7N3S/c1-2-9-10-11-7-5-3-4-6-8-7/h2-6H,1H2. The maximum absolute atomic E-state index is 4.03. The molecule has 0 saturated carbocycles. The zero-order valence-electron chi connectivity index (χ0n) is 5.84. The molecule has 0 fully saturated rings. The fourth-order valence-electron chi connectivity index (χ4n) is 0.500. The summed E-state index contributed by atoms with van der Waals surface area (Å²) in [5.74, 6) is 0. The van der Waals surface area contributed by atoms with Crippen molar-refractivity contribution in [2.75, 3.05) is 0 Å². The molecule has 0 bridgehead atoms. The first-order valence-electron chi connectivity index (χ1n) is 3.02. The Balaban J connectivity index is 2.51. The van der Waals surface area contributed by atoms with Crippen LogP contribution in [0.3, 0.4) is 0 Å². The van der Waals surface area contributed by atoms with Gasteiger partial charge >= 0.3 is 0 Å². The minimum absolute atomic E-state index is 0.832. The molecule has 0 unspecified atom stereocenters. The van der Waals surface area contributed by atoms with Crippen molar-refractivity contribution in [3.05, 3.63) is 37.2 Å². The van der Waals surface area contributed by atoms with Crippen molar-refractivity contribution in [1.29, 1.82) is 0 Å². The second kappa shape index (κ2) is 4.62. The van der Waals surface area contributed by atoms with Gasteiger partial charge in [0.2, 0.25) is 0 Å². The maximum atomic E-state index is 4.03. The van der Waals surface area contributed by atoms with Crippen molar-refractivity contribution in [3.8, 4) is 0 Å². The molecule has 1 heterocycles. The minimum atomic E-state index is 0.832. The lowest BCUT2D eigenvalue weighted by atomic mass is 10.5. The van der Waals surface area contributed by atoms with Gasteiger partial charge in [-0.3, -0.25) is 0 Å². The van der Waals surface area contributed by atoms with Gasteiger partial charge in [-0.25, -0.2) is 4.98 Å². The summed E-state index contributed by atoms with van der Waals surface area (Å²) in [4.78, 5) is 4.03. The normalized spacial score (nSPS) is 10.2. The highest BCUT2D eigenvalue weighted by Gasteiger charge is 1.88. The maximum Gasteiger partial charge on any atom is 0.120 e. The SMILES string of the molecule is C=CN=NSc1ccccn1. The van der Waals surface area contributed by atoms with Crippen molar-refractivity contribution in [2.45, 2.75) is 5.03 Å². The molecule has 0 spiro atoms. The fraction of sp³-hybridized carbons (Fsp3) is 0. The van der Waals surface area contributed by atoms with Crippen LogP contribution in [0.5, 0.6) is 0 Å². The third kappa shape index (κ3) is 2.95. The average Bonchev–Trinajstić information content (AvgIpc) is 2.07. The Morgan fingerprint density at radius 2 is 2.45 bits per heavy atom. The van der Waals surface area contributed by atoms with E-state index in [4.69, 9.17) is 0 Å². The summed E-state index contributed by atoms with van der Waals surface area (Å²) in [7, 11) is 0. The molecule has 3 nitrogen and oxygen atoms in total. The van der Waals surface area contributed by atoms with Crippen LogP contribution in [0.25, 0.3) is 0 Å². The average molecular weight is 165 g/mol. The summed E-state index contributed by atoms with van der Waals surface area (Å²) < 4.78 is 3.72. The molecular weight excluding hydrogens is 158 g/mol. The number of nitrogens with zero attached hydrogens (tertiary/aromatic N) is 3. The van der Waals surface area contributed by atoms with E-state index in [-0.39, 0.29) is 0 Å². The lowest BCUT2D eigenvalue weighted by Crippen LogP contribution is -1.71. The van der Waals surface area contributed by atoms with Crippen LogP contribution in [0.15, 0.2) is 51.8 Å². The van der Waals surface area contributed by atoms with E-state index in [1.165, 1.54) is 18.1 Å². The van der Waals surface area contributed by atoms with Gasteiger partial charge in [0.15, 0.2) is 0 Å². The predicted octanol–water partition coefficient (Wildman–Crippen LogP) is 2.68. The topological polar surface area (TPSA) is 37.6 Å². The van der Waals surface area contributed by atoms with Crippen LogP contribution in [0.4, 0.5) is 0 Å². The number of hydrogen-bond donors (Lipinski definition) is 0. The molecule has 1 aromatic rings. The van der Waals surface area contributed by atoms with Gasteiger partial charge in [0, 0.05) is 12.4 Å². The smallest absolute Gasteiger partial charge is 0.120 e. The first kappa shape index (κ1) is 7.94. The molecule has 0 radical (unpaired) electrons.